The van der Waals surface area contributed by atoms with Gasteiger partial charge in [-0.2, -0.15) is 0 Å². The van der Waals surface area contributed by atoms with E-state index in [-0.39, 0.29) is 17.5 Å². The largest absolute Gasteiger partial charge is 0.341 e. The fourth-order valence-electron chi connectivity index (χ4n) is 2.38. The molecule has 106 valence electrons. The van der Waals surface area contributed by atoms with Crippen LogP contribution in [0.15, 0.2) is 0 Å². The molecule has 0 aromatic carbocycles. The summed E-state index contributed by atoms with van der Waals surface area (Å²) in [6, 6.07) is -0.107. The summed E-state index contributed by atoms with van der Waals surface area (Å²) in [5.74, 6) is 0.356. The minimum atomic E-state index is -2.91. The van der Waals surface area contributed by atoms with Gasteiger partial charge in [0.2, 0.25) is 6.41 Å². The number of rotatable bonds is 8. The molecule has 1 saturated heterocycles. The third-order valence-electron chi connectivity index (χ3n) is 3.60. The number of nitrogens with zero attached hydrogens (tertiary/aromatic N) is 2. The van der Waals surface area contributed by atoms with Crippen LogP contribution in [0.3, 0.4) is 0 Å². The van der Waals surface area contributed by atoms with Crippen LogP contribution in [0.25, 0.3) is 0 Å². The molecule has 0 spiro atoms. The van der Waals surface area contributed by atoms with Crippen molar-refractivity contribution in [1.29, 1.82) is 0 Å². The van der Waals surface area contributed by atoms with Gasteiger partial charge in [0.25, 0.3) is 0 Å². The van der Waals surface area contributed by atoms with Gasteiger partial charge < -0.3 is 9.80 Å². The fourth-order valence-corrected chi connectivity index (χ4v) is 4.12. The summed E-state index contributed by atoms with van der Waals surface area (Å²) in [6.45, 7) is 7.86. The molecule has 1 heterocycles. The van der Waals surface area contributed by atoms with Crippen LogP contribution < -0.4 is 0 Å². The van der Waals surface area contributed by atoms with Crippen LogP contribution in [0.2, 0.25) is 0 Å². The third kappa shape index (κ3) is 4.57. The molecular weight excluding hydrogens is 252 g/mol. The van der Waals surface area contributed by atoms with Gasteiger partial charge in [0, 0.05) is 12.6 Å². The average Bonchev–Trinajstić information content (AvgIpc) is 2.70. The Balaban J connectivity index is 2.37. The molecule has 1 amide bonds. The van der Waals surface area contributed by atoms with Crippen molar-refractivity contribution >= 4 is 16.2 Å². The van der Waals surface area contributed by atoms with E-state index in [1.807, 2.05) is 0 Å². The van der Waals surface area contributed by atoms with Crippen molar-refractivity contribution in [1.82, 2.24) is 9.80 Å². The number of carbonyl (C=O) groups excluding carboxylic acids is 1. The highest BCUT2D eigenvalue weighted by Crippen LogP contribution is 2.16. The molecule has 1 unspecified atom stereocenters. The van der Waals surface area contributed by atoms with Gasteiger partial charge in [-0.1, -0.05) is 13.8 Å². The topological polar surface area (TPSA) is 57.7 Å². The maximum Gasteiger partial charge on any atom is 0.209 e. The first-order chi connectivity index (χ1) is 8.52. The van der Waals surface area contributed by atoms with Crippen LogP contribution in [-0.2, 0) is 14.6 Å². The molecule has 6 heteroatoms. The Labute approximate surface area is 110 Å². The van der Waals surface area contributed by atoms with E-state index < -0.39 is 9.84 Å². The number of hydrogen-bond acceptors (Lipinski definition) is 4. The second-order valence-corrected chi connectivity index (χ2v) is 7.01. The summed E-state index contributed by atoms with van der Waals surface area (Å²) in [7, 11) is -2.91. The number of sulfone groups is 1. The molecule has 1 aliphatic rings. The molecule has 0 aromatic rings. The Kier molecular flexibility index (Phi) is 6.08. The van der Waals surface area contributed by atoms with Gasteiger partial charge in [-0.05, 0) is 32.5 Å². The van der Waals surface area contributed by atoms with E-state index in [2.05, 4.69) is 18.7 Å². The van der Waals surface area contributed by atoms with Gasteiger partial charge in [-0.25, -0.2) is 8.42 Å². The molecule has 1 atom stereocenters. The van der Waals surface area contributed by atoms with E-state index in [4.69, 9.17) is 0 Å². The average molecular weight is 276 g/mol. The lowest BCUT2D eigenvalue weighted by atomic mass is 10.2. The van der Waals surface area contributed by atoms with Gasteiger partial charge in [0.1, 0.15) is 0 Å². The third-order valence-corrected chi connectivity index (χ3v) is 5.35. The van der Waals surface area contributed by atoms with Crippen molar-refractivity contribution < 1.29 is 13.2 Å². The fraction of sp³-hybridized carbons (Fsp3) is 0.917. The quantitative estimate of drug-likeness (QED) is 0.601. The van der Waals surface area contributed by atoms with Gasteiger partial charge in [-0.15, -0.1) is 0 Å². The molecule has 5 nitrogen and oxygen atoms in total. The van der Waals surface area contributed by atoms with Crippen molar-refractivity contribution in [3.8, 4) is 0 Å². The molecule has 0 saturated carbocycles. The molecular formula is C12H24N2O3S. The van der Waals surface area contributed by atoms with E-state index in [0.717, 1.165) is 32.5 Å². The zero-order chi connectivity index (χ0) is 13.6. The maximum atomic E-state index is 11.4. The minimum absolute atomic E-state index is 0.107. The first kappa shape index (κ1) is 15.4. The van der Waals surface area contributed by atoms with Crippen LogP contribution >= 0.6 is 0 Å². The van der Waals surface area contributed by atoms with Crippen LogP contribution in [0.1, 0.15) is 26.7 Å². The first-order valence-corrected chi connectivity index (χ1v) is 8.48. The number of amides is 1. The maximum absolute atomic E-state index is 11.4. The Bertz CT molecular complexity index is 352. The monoisotopic (exact) mass is 276 g/mol. The zero-order valence-corrected chi connectivity index (χ0v) is 12.2. The predicted molar refractivity (Wildman–Crippen MR) is 72.2 cm³/mol. The SMILES string of the molecule is CCN(CC)CCCN(C=O)C1CCS(=O)(=O)C1. The zero-order valence-electron chi connectivity index (χ0n) is 11.3. The lowest BCUT2D eigenvalue weighted by molar-refractivity contribution is -0.119. The smallest absolute Gasteiger partial charge is 0.209 e. The molecule has 0 bridgehead atoms. The van der Waals surface area contributed by atoms with Gasteiger partial charge in [0.15, 0.2) is 9.84 Å². The lowest BCUT2D eigenvalue weighted by Gasteiger charge is -2.25. The van der Waals surface area contributed by atoms with Crippen LogP contribution in [0.5, 0.6) is 0 Å². The molecule has 0 aromatic heterocycles. The molecule has 0 radical (unpaired) electrons. The molecule has 0 N–H and O–H groups in total. The number of carbonyl (C=O) groups is 1. The standard InChI is InChI=1S/C12H24N2O3S/c1-3-13(4-2)7-5-8-14(11-15)12-6-9-18(16,17)10-12/h11-12H,3-10H2,1-2H3. The minimum Gasteiger partial charge on any atom is -0.341 e. The normalized spacial score (nSPS) is 22.3. The first-order valence-electron chi connectivity index (χ1n) is 6.66. The lowest BCUT2D eigenvalue weighted by Crippen LogP contribution is -2.37. The Hall–Kier alpha value is -0.620. The van der Waals surface area contributed by atoms with E-state index in [0.29, 0.717) is 13.0 Å². The van der Waals surface area contributed by atoms with Crippen LogP contribution in [-0.4, -0.2) is 68.4 Å². The van der Waals surface area contributed by atoms with Crippen molar-refractivity contribution in [2.45, 2.75) is 32.7 Å². The molecule has 0 aliphatic carbocycles. The summed E-state index contributed by atoms with van der Waals surface area (Å²) >= 11 is 0. The van der Waals surface area contributed by atoms with E-state index >= 15 is 0 Å². The van der Waals surface area contributed by atoms with E-state index in [1.165, 1.54) is 0 Å². The molecule has 1 aliphatic heterocycles. The highest BCUT2D eigenvalue weighted by Gasteiger charge is 2.31. The second-order valence-electron chi connectivity index (χ2n) is 4.78. The highest BCUT2D eigenvalue weighted by atomic mass is 32.2. The summed E-state index contributed by atoms with van der Waals surface area (Å²) in [6.07, 6.45) is 2.29. The summed E-state index contributed by atoms with van der Waals surface area (Å²) in [4.78, 5) is 15.0. The van der Waals surface area contributed by atoms with Gasteiger partial charge in [-0.3, -0.25) is 4.79 Å². The van der Waals surface area contributed by atoms with Crippen molar-refractivity contribution in [2.75, 3.05) is 37.7 Å². The number of hydrogen-bond donors (Lipinski definition) is 0. The predicted octanol–water partition coefficient (Wildman–Crippen LogP) is 0.364. The van der Waals surface area contributed by atoms with Crippen molar-refractivity contribution in [2.24, 2.45) is 0 Å². The van der Waals surface area contributed by atoms with Crippen LogP contribution in [0, 0.1) is 0 Å². The molecule has 1 fully saturated rings. The molecule has 18 heavy (non-hydrogen) atoms. The van der Waals surface area contributed by atoms with E-state index in [1.54, 1.807) is 4.90 Å². The second kappa shape index (κ2) is 7.09. The van der Waals surface area contributed by atoms with Gasteiger partial charge >= 0.3 is 0 Å². The summed E-state index contributed by atoms with van der Waals surface area (Å²) in [5.41, 5.74) is 0. The van der Waals surface area contributed by atoms with Crippen molar-refractivity contribution in [3.63, 3.8) is 0 Å². The highest BCUT2D eigenvalue weighted by molar-refractivity contribution is 7.91. The Morgan fingerprint density at radius 1 is 1.22 bits per heavy atom. The van der Waals surface area contributed by atoms with Crippen LogP contribution in [0.4, 0.5) is 0 Å². The summed E-state index contributed by atoms with van der Waals surface area (Å²) < 4.78 is 22.8. The van der Waals surface area contributed by atoms with Crippen molar-refractivity contribution in [3.05, 3.63) is 0 Å². The van der Waals surface area contributed by atoms with E-state index in [9.17, 15) is 13.2 Å². The summed E-state index contributed by atoms with van der Waals surface area (Å²) in [5, 5.41) is 0. The molecule has 1 rings (SSSR count). The Morgan fingerprint density at radius 2 is 1.89 bits per heavy atom. The van der Waals surface area contributed by atoms with Gasteiger partial charge in [0.05, 0.1) is 11.5 Å². The Morgan fingerprint density at radius 3 is 2.33 bits per heavy atom.